The van der Waals surface area contributed by atoms with Crippen molar-refractivity contribution in [2.45, 2.75) is 64.5 Å². The van der Waals surface area contributed by atoms with E-state index in [0.29, 0.717) is 36.9 Å². The standard InChI is InChI=1S/C27H34N6O3/c34-25(17-21-9-3-1-4-10-21)29-23-13-16-32(26(35)18-23)14-7-8-15-33-20-24(30-31-33)27(36)28-19-22-11-5-2-6-12-22/h1,3-4,9-10,13,16,18,20,22H,2,5-8,11-12,14-15,17,19H2,(H,28,36)(H,29,34). The second kappa shape index (κ2) is 12.8. The van der Waals surface area contributed by atoms with Crippen LogP contribution in [0.25, 0.3) is 0 Å². The molecule has 0 aliphatic heterocycles. The van der Waals surface area contributed by atoms with Crippen molar-refractivity contribution >= 4 is 17.5 Å². The number of amides is 2. The number of pyridine rings is 1. The molecule has 9 nitrogen and oxygen atoms in total. The van der Waals surface area contributed by atoms with E-state index in [9.17, 15) is 14.4 Å². The molecule has 0 radical (unpaired) electrons. The fourth-order valence-electron chi connectivity index (χ4n) is 4.54. The Bertz CT molecular complexity index is 1200. The fourth-order valence-corrected chi connectivity index (χ4v) is 4.54. The van der Waals surface area contributed by atoms with E-state index in [1.807, 2.05) is 30.3 Å². The molecule has 36 heavy (non-hydrogen) atoms. The van der Waals surface area contributed by atoms with Crippen LogP contribution in [0.5, 0.6) is 0 Å². The predicted octanol–water partition coefficient (Wildman–Crippen LogP) is 3.41. The number of aromatic nitrogens is 4. The van der Waals surface area contributed by atoms with Crippen LogP contribution in [0.2, 0.25) is 0 Å². The summed E-state index contributed by atoms with van der Waals surface area (Å²) in [5, 5.41) is 13.8. The minimum atomic E-state index is -0.172. The van der Waals surface area contributed by atoms with E-state index in [1.165, 1.54) is 38.2 Å². The molecule has 1 saturated carbocycles. The summed E-state index contributed by atoms with van der Waals surface area (Å²) in [5.74, 6) is 0.239. The van der Waals surface area contributed by atoms with Crippen LogP contribution < -0.4 is 16.2 Å². The number of unbranched alkanes of at least 4 members (excludes halogenated alkanes) is 1. The van der Waals surface area contributed by atoms with Gasteiger partial charge in [-0.25, -0.2) is 0 Å². The van der Waals surface area contributed by atoms with E-state index in [4.69, 9.17) is 0 Å². The Kier molecular flexibility index (Phi) is 9.02. The van der Waals surface area contributed by atoms with Crippen molar-refractivity contribution < 1.29 is 9.59 Å². The molecule has 0 unspecified atom stereocenters. The zero-order chi connectivity index (χ0) is 25.2. The van der Waals surface area contributed by atoms with Gasteiger partial charge in [-0.1, -0.05) is 54.8 Å². The molecule has 1 aliphatic carbocycles. The van der Waals surface area contributed by atoms with Gasteiger partial charge in [-0.3, -0.25) is 19.1 Å². The van der Waals surface area contributed by atoms with Crippen LogP contribution in [0.4, 0.5) is 5.69 Å². The van der Waals surface area contributed by atoms with Gasteiger partial charge in [0.05, 0.1) is 12.6 Å². The number of aryl methyl sites for hydroxylation is 2. The first kappa shape index (κ1) is 25.3. The normalized spacial score (nSPS) is 13.9. The van der Waals surface area contributed by atoms with E-state index < -0.39 is 0 Å². The van der Waals surface area contributed by atoms with Gasteiger partial charge < -0.3 is 15.2 Å². The summed E-state index contributed by atoms with van der Waals surface area (Å²) >= 11 is 0. The third-order valence-corrected chi connectivity index (χ3v) is 6.57. The molecule has 0 atom stereocenters. The number of hydrogen-bond donors (Lipinski definition) is 2. The van der Waals surface area contributed by atoms with Gasteiger partial charge in [-0.15, -0.1) is 5.10 Å². The zero-order valence-electron chi connectivity index (χ0n) is 20.6. The molecule has 1 fully saturated rings. The lowest BCUT2D eigenvalue weighted by molar-refractivity contribution is -0.115. The van der Waals surface area contributed by atoms with Gasteiger partial charge >= 0.3 is 0 Å². The summed E-state index contributed by atoms with van der Waals surface area (Å²) in [7, 11) is 0. The van der Waals surface area contributed by atoms with Crippen molar-refractivity contribution in [2.24, 2.45) is 5.92 Å². The van der Waals surface area contributed by atoms with Crippen LogP contribution in [0.1, 0.15) is 61.0 Å². The van der Waals surface area contributed by atoms with Crippen LogP contribution in [-0.4, -0.2) is 37.9 Å². The van der Waals surface area contributed by atoms with Crippen molar-refractivity contribution in [1.82, 2.24) is 24.9 Å². The average molecular weight is 491 g/mol. The Morgan fingerprint density at radius 2 is 1.78 bits per heavy atom. The maximum absolute atomic E-state index is 12.4. The van der Waals surface area contributed by atoms with Gasteiger partial charge in [0, 0.05) is 37.6 Å². The van der Waals surface area contributed by atoms with Crippen LogP contribution in [0.3, 0.4) is 0 Å². The molecular formula is C27H34N6O3. The zero-order valence-corrected chi connectivity index (χ0v) is 20.6. The Labute approximate surface area is 210 Å². The third-order valence-electron chi connectivity index (χ3n) is 6.57. The Morgan fingerprint density at radius 1 is 1.00 bits per heavy atom. The van der Waals surface area contributed by atoms with Crippen molar-refractivity contribution in [3.8, 4) is 0 Å². The second-order valence-corrected chi connectivity index (χ2v) is 9.45. The summed E-state index contributed by atoms with van der Waals surface area (Å²) in [6.07, 6.45) is 11.3. The second-order valence-electron chi connectivity index (χ2n) is 9.45. The molecule has 2 amide bonds. The van der Waals surface area contributed by atoms with E-state index in [-0.39, 0.29) is 23.8 Å². The van der Waals surface area contributed by atoms with Crippen molar-refractivity contribution in [2.75, 3.05) is 11.9 Å². The van der Waals surface area contributed by atoms with Crippen molar-refractivity contribution in [3.63, 3.8) is 0 Å². The van der Waals surface area contributed by atoms with Crippen LogP contribution in [-0.2, 0) is 24.3 Å². The van der Waals surface area contributed by atoms with Gasteiger partial charge in [-0.05, 0) is 43.2 Å². The highest BCUT2D eigenvalue weighted by Gasteiger charge is 2.16. The van der Waals surface area contributed by atoms with Gasteiger partial charge in [0.25, 0.3) is 11.5 Å². The third kappa shape index (κ3) is 7.63. The Morgan fingerprint density at radius 3 is 2.56 bits per heavy atom. The molecular weight excluding hydrogens is 456 g/mol. The number of anilines is 1. The molecule has 2 N–H and O–H groups in total. The lowest BCUT2D eigenvalue weighted by atomic mass is 9.89. The van der Waals surface area contributed by atoms with Gasteiger partial charge in [-0.2, -0.15) is 0 Å². The van der Waals surface area contributed by atoms with Gasteiger partial charge in [0.1, 0.15) is 0 Å². The molecule has 9 heteroatoms. The quantitative estimate of drug-likeness (QED) is 0.400. The monoisotopic (exact) mass is 490 g/mol. The highest BCUT2D eigenvalue weighted by Crippen LogP contribution is 2.22. The maximum Gasteiger partial charge on any atom is 0.273 e. The van der Waals surface area contributed by atoms with Crippen LogP contribution in [0.15, 0.2) is 59.7 Å². The molecule has 1 aliphatic rings. The lowest BCUT2D eigenvalue weighted by Crippen LogP contribution is -2.30. The summed E-state index contributed by atoms with van der Waals surface area (Å²) < 4.78 is 3.29. The first-order valence-corrected chi connectivity index (χ1v) is 12.8. The number of rotatable bonds is 11. The topological polar surface area (TPSA) is 111 Å². The minimum Gasteiger partial charge on any atom is -0.350 e. The molecule has 3 aromatic rings. The summed E-state index contributed by atoms with van der Waals surface area (Å²) in [5.41, 5.74) is 1.59. The molecule has 190 valence electrons. The number of nitrogens with zero attached hydrogens (tertiary/aromatic N) is 4. The molecule has 1 aromatic carbocycles. The number of carbonyl (C=O) groups excluding carboxylic acids is 2. The van der Waals surface area contributed by atoms with Gasteiger partial charge in [0.2, 0.25) is 5.91 Å². The van der Waals surface area contributed by atoms with Crippen molar-refractivity contribution in [3.05, 3.63) is 76.5 Å². The van der Waals surface area contributed by atoms with E-state index in [1.54, 1.807) is 27.7 Å². The fraction of sp³-hybridized carbons (Fsp3) is 0.444. The van der Waals surface area contributed by atoms with Crippen molar-refractivity contribution in [1.29, 1.82) is 0 Å². The average Bonchev–Trinajstić information content (AvgIpc) is 3.36. The molecule has 0 spiro atoms. The number of carbonyl (C=O) groups is 2. The summed E-state index contributed by atoms with van der Waals surface area (Å²) in [6.45, 7) is 1.88. The number of benzene rings is 1. The first-order chi connectivity index (χ1) is 17.6. The van der Waals surface area contributed by atoms with E-state index in [2.05, 4.69) is 20.9 Å². The minimum absolute atomic E-state index is 0.159. The first-order valence-electron chi connectivity index (χ1n) is 12.8. The summed E-state index contributed by atoms with van der Waals surface area (Å²) in [6, 6.07) is 12.7. The number of hydrogen-bond acceptors (Lipinski definition) is 5. The van der Waals surface area contributed by atoms with E-state index in [0.717, 1.165) is 18.4 Å². The molecule has 4 rings (SSSR count). The van der Waals surface area contributed by atoms with Crippen LogP contribution >= 0.6 is 0 Å². The molecule has 0 saturated heterocycles. The molecule has 0 bridgehead atoms. The molecule has 2 heterocycles. The Balaban J connectivity index is 1.17. The van der Waals surface area contributed by atoms with Crippen LogP contribution in [0, 0.1) is 5.92 Å². The highest BCUT2D eigenvalue weighted by molar-refractivity contribution is 5.92. The highest BCUT2D eigenvalue weighted by atomic mass is 16.2. The predicted molar refractivity (Wildman–Crippen MR) is 138 cm³/mol. The smallest absolute Gasteiger partial charge is 0.273 e. The summed E-state index contributed by atoms with van der Waals surface area (Å²) in [4.78, 5) is 37.0. The number of nitrogens with one attached hydrogen (secondary N) is 2. The lowest BCUT2D eigenvalue weighted by Gasteiger charge is -2.21. The van der Waals surface area contributed by atoms with Gasteiger partial charge in [0.15, 0.2) is 5.69 Å². The largest absolute Gasteiger partial charge is 0.350 e. The SMILES string of the molecule is O=C(Cc1ccccc1)Nc1ccn(CCCCn2cc(C(=O)NCC3CCCCC3)nn2)c(=O)c1. The van der Waals surface area contributed by atoms with E-state index >= 15 is 0 Å². The molecule has 2 aromatic heterocycles. The Hall–Kier alpha value is -3.75. The maximum atomic E-state index is 12.4.